The molecule has 1 N–H and O–H groups in total. The third-order valence-corrected chi connectivity index (χ3v) is 5.48. The zero-order valence-electron chi connectivity index (χ0n) is 17.2. The zero-order valence-corrected chi connectivity index (χ0v) is 17.2. The highest BCUT2D eigenvalue weighted by Crippen LogP contribution is 2.34. The van der Waals surface area contributed by atoms with Crippen LogP contribution in [0.3, 0.4) is 0 Å². The molecule has 0 bridgehead atoms. The van der Waals surface area contributed by atoms with Crippen LogP contribution < -0.4 is 4.90 Å². The predicted molar refractivity (Wildman–Crippen MR) is 105 cm³/mol. The number of hydrogen-bond acceptors (Lipinski definition) is 7. The molecule has 32 heavy (non-hydrogen) atoms. The van der Waals surface area contributed by atoms with Gasteiger partial charge in [0.25, 0.3) is 0 Å². The Morgan fingerprint density at radius 3 is 2.50 bits per heavy atom. The molecule has 0 radical (unpaired) electrons. The summed E-state index contributed by atoms with van der Waals surface area (Å²) in [4.78, 5) is 26.1. The summed E-state index contributed by atoms with van der Waals surface area (Å²) in [6.45, 7) is 3.58. The zero-order chi connectivity index (χ0) is 23.3. The van der Waals surface area contributed by atoms with Crippen LogP contribution >= 0.6 is 0 Å². The number of likely N-dealkylation sites (tertiary alicyclic amines) is 1. The van der Waals surface area contributed by atoms with Crippen LogP contribution in [-0.2, 0) is 16.1 Å². The fourth-order valence-corrected chi connectivity index (χ4v) is 4.11. The number of methoxy groups -OCH3 is 1. The van der Waals surface area contributed by atoms with Gasteiger partial charge in [0.05, 0.1) is 24.5 Å². The van der Waals surface area contributed by atoms with Crippen LogP contribution in [0.5, 0.6) is 0 Å². The molecular weight excluding hydrogens is 434 g/mol. The fourth-order valence-electron chi connectivity index (χ4n) is 4.11. The lowest BCUT2D eigenvalue weighted by Crippen LogP contribution is -2.52. The average Bonchev–Trinajstić information content (AvgIpc) is 3.18. The van der Waals surface area contributed by atoms with E-state index in [-0.39, 0.29) is 12.1 Å². The molecule has 2 aromatic heterocycles. The van der Waals surface area contributed by atoms with E-state index in [0.29, 0.717) is 11.9 Å². The molecule has 12 heteroatoms. The lowest BCUT2D eigenvalue weighted by Gasteiger charge is -2.41. The maximum Gasteiger partial charge on any atom is 0.490 e. The summed E-state index contributed by atoms with van der Waals surface area (Å²) in [6.07, 6.45) is 2.27. The molecule has 0 aliphatic carbocycles. The van der Waals surface area contributed by atoms with Gasteiger partial charge in [0.15, 0.2) is 5.82 Å². The summed E-state index contributed by atoms with van der Waals surface area (Å²) in [5.41, 5.74) is 1.21. The van der Waals surface area contributed by atoms with E-state index in [2.05, 4.69) is 30.8 Å². The van der Waals surface area contributed by atoms with Crippen molar-refractivity contribution in [2.45, 2.75) is 31.3 Å². The van der Waals surface area contributed by atoms with Crippen molar-refractivity contribution in [2.24, 2.45) is 5.92 Å². The Bertz CT molecular complexity index is 885. The standard InChI is InChI=1S/C18H22FN5O.C2HF3O2/c1-25-17-4-6-24(18-21-8-14(19)9-22-18)16-12-23(11-15(16)17)10-13-3-2-5-20-7-13;3-2(4,5)1(6)7/h2-3,5,7-9,15-17H,4,6,10-12H2,1H3;(H,6,7)/t15-,16+,17+;/m0./s1. The highest BCUT2D eigenvalue weighted by Gasteiger charge is 2.45. The number of carboxylic acids is 1. The van der Waals surface area contributed by atoms with Crippen molar-refractivity contribution in [1.29, 1.82) is 0 Å². The number of alkyl halides is 3. The first-order valence-electron chi connectivity index (χ1n) is 9.87. The molecule has 174 valence electrons. The Morgan fingerprint density at radius 2 is 1.94 bits per heavy atom. The third kappa shape index (κ3) is 5.88. The summed E-state index contributed by atoms with van der Waals surface area (Å²) in [7, 11) is 1.79. The second kappa shape index (κ2) is 10.2. The first-order valence-corrected chi connectivity index (χ1v) is 9.87. The Kier molecular flexibility index (Phi) is 7.56. The smallest absolute Gasteiger partial charge is 0.475 e. The minimum atomic E-state index is -5.08. The van der Waals surface area contributed by atoms with Gasteiger partial charge in [-0.25, -0.2) is 19.2 Å². The van der Waals surface area contributed by atoms with Gasteiger partial charge in [-0.05, 0) is 18.1 Å². The third-order valence-electron chi connectivity index (χ3n) is 5.48. The number of aromatic nitrogens is 3. The summed E-state index contributed by atoms with van der Waals surface area (Å²) < 4.78 is 50.6. The normalized spacial score (nSPS) is 23.3. The molecule has 0 spiro atoms. The van der Waals surface area contributed by atoms with E-state index in [4.69, 9.17) is 14.6 Å². The largest absolute Gasteiger partial charge is 0.490 e. The molecule has 2 aliphatic heterocycles. The molecule has 4 heterocycles. The number of aliphatic carboxylic acids is 1. The molecule has 2 aliphatic rings. The van der Waals surface area contributed by atoms with Gasteiger partial charge in [0.1, 0.15) is 0 Å². The quantitative estimate of drug-likeness (QED) is 0.700. The maximum atomic E-state index is 13.2. The topological polar surface area (TPSA) is 91.7 Å². The van der Waals surface area contributed by atoms with Crippen molar-refractivity contribution < 1.29 is 32.2 Å². The highest BCUT2D eigenvalue weighted by atomic mass is 19.4. The first-order chi connectivity index (χ1) is 15.2. The number of carboxylic acid groups (broad SMARTS) is 1. The number of piperidine rings is 1. The van der Waals surface area contributed by atoms with E-state index < -0.39 is 18.0 Å². The second-order valence-electron chi connectivity index (χ2n) is 7.55. The van der Waals surface area contributed by atoms with Crippen LogP contribution in [0.1, 0.15) is 12.0 Å². The summed E-state index contributed by atoms with van der Waals surface area (Å²) >= 11 is 0. The number of ether oxygens (including phenoxy) is 1. The first kappa shape index (κ1) is 23.8. The van der Waals surface area contributed by atoms with Crippen LogP contribution in [0.2, 0.25) is 0 Å². The molecule has 8 nitrogen and oxygen atoms in total. The van der Waals surface area contributed by atoms with Gasteiger partial charge in [-0.3, -0.25) is 9.88 Å². The Balaban J connectivity index is 0.000000360. The average molecular weight is 457 g/mol. The molecule has 2 saturated heterocycles. The molecule has 2 aromatic rings. The SMILES string of the molecule is CO[C@@H]1CCN(c2ncc(F)cn2)[C@@H]2CN(Cc3cccnc3)C[C@@H]21.O=C(O)C(F)(F)F. The molecule has 2 fully saturated rings. The molecule has 3 atom stereocenters. The van der Waals surface area contributed by atoms with Crippen molar-refractivity contribution in [3.8, 4) is 0 Å². The summed E-state index contributed by atoms with van der Waals surface area (Å²) in [6, 6.07) is 4.35. The molecular formula is C20H23F4N5O3. The van der Waals surface area contributed by atoms with Gasteiger partial charge in [-0.1, -0.05) is 6.07 Å². The van der Waals surface area contributed by atoms with E-state index in [1.165, 1.54) is 18.0 Å². The fraction of sp³-hybridized carbons (Fsp3) is 0.500. The minimum absolute atomic E-state index is 0.237. The van der Waals surface area contributed by atoms with Crippen LogP contribution in [0.15, 0.2) is 36.9 Å². The lowest BCUT2D eigenvalue weighted by molar-refractivity contribution is -0.192. The van der Waals surface area contributed by atoms with E-state index in [9.17, 15) is 17.6 Å². The highest BCUT2D eigenvalue weighted by molar-refractivity contribution is 5.73. The van der Waals surface area contributed by atoms with Gasteiger partial charge < -0.3 is 14.7 Å². The number of hydrogen-bond donors (Lipinski definition) is 1. The van der Waals surface area contributed by atoms with Crippen LogP contribution in [0.25, 0.3) is 0 Å². The number of nitrogens with zero attached hydrogens (tertiary/aromatic N) is 5. The number of fused-ring (bicyclic) bond motifs is 1. The van der Waals surface area contributed by atoms with E-state index in [1.54, 1.807) is 13.3 Å². The predicted octanol–water partition coefficient (Wildman–Crippen LogP) is 2.37. The molecule has 0 saturated carbocycles. The molecule has 0 amide bonds. The molecule has 4 rings (SSSR count). The van der Waals surface area contributed by atoms with Crippen LogP contribution in [0, 0.1) is 11.7 Å². The van der Waals surface area contributed by atoms with Crippen molar-refractivity contribution in [3.05, 3.63) is 48.3 Å². The lowest BCUT2D eigenvalue weighted by atomic mass is 9.89. The monoisotopic (exact) mass is 457 g/mol. The van der Waals surface area contributed by atoms with E-state index >= 15 is 0 Å². The molecule has 0 aromatic carbocycles. The number of carbonyl (C=O) groups is 1. The minimum Gasteiger partial charge on any atom is -0.475 e. The van der Waals surface area contributed by atoms with Crippen molar-refractivity contribution in [2.75, 3.05) is 31.6 Å². The Labute approximate surface area is 181 Å². The van der Waals surface area contributed by atoms with Gasteiger partial charge >= 0.3 is 12.1 Å². The van der Waals surface area contributed by atoms with E-state index in [0.717, 1.165) is 32.6 Å². The van der Waals surface area contributed by atoms with Crippen LogP contribution in [-0.4, -0.2) is 76.0 Å². The van der Waals surface area contributed by atoms with E-state index in [1.807, 2.05) is 12.3 Å². The second-order valence-corrected chi connectivity index (χ2v) is 7.55. The number of pyridine rings is 1. The summed E-state index contributed by atoms with van der Waals surface area (Å²) in [5, 5.41) is 7.12. The van der Waals surface area contributed by atoms with Gasteiger partial charge in [0, 0.05) is 51.6 Å². The molecule has 0 unspecified atom stereocenters. The van der Waals surface area contributed by atoms with Crippen molar-refractivity contribution >= 4 is 11.9 Å². The van der Waals surface area contributed by atoms with Crippen LogP contribution in [0.4, 0.5) is 23.5 Å². The van der Waals surface area contributed by atoms with Crippen molar-refractivity contribution in [3.63, 3.8) is 0 Å². The maximum absolute atomic E-state index is 13.2. The van der Waals surface area contributed by atoms with Crippen molar-refractivity contribution in [1.82, 2.24) is 19.9 Å². The number of rotatable bonds is 4. The Hall–Kier alpha value is -2.86. The number of anilines is 1. The number of halogens is 4. The van der Waals surface area contributed by atoms with Gasteiger partial charge in [-0.2, -0.15) is 13.2 Å². The summed E-state index contributed by atoms with van der Waals surface area (Å²) in [5.74, 6) is -2.16. The van der Waals surface area contributed by atoms with Gasteiger partial charge in [-0.15, -0.1) is 0 Å². The van der Waals surface area contributed by atoms with Gasteiger partial charge in [0.2, 0.25) is 5.95 Å². The Morgan fingerprint density at radius 1 is 1.25 bits per heavy atom.